The highest BCUT2D eigenvalue weighted by Crippen LogP contribution is 2.35. The number of amides is 1. The Balaban J connectivity index is 1.35. The maximum Gasteiger partial charge on any atom is 0.256 e. The Morgan fingerprint density at radius 2 is 2.12 bits per heavy atom. The number of carbonyl (C=O) groups excluding carboxylic acids is 1. The Morgan fingerprint density at radius 1 is 1.26 bits per heavy atom. The Labute approximate surface area is 200 Å². The smallest absolute Gasteiger partial charge is 0.256 e. The van der Waals surface area contributed by atoms with Crippen LogP contribution in [0.15, 0.2) is 59.2 Å². The lowest BCUT2D eigenvalue weighted by atomic mass is 9.93. The molecule has 34 heavy (non-hydrogen) atoms. The SMILES string of the molecule is CC(CNC(=O)c1c(C#N)oc2cnc(NC3CC4C=CCC(CC4)C3)cc12)c1ccccc1. The molecular weight excluding hydrogens is 424 g/mol. The van der Waals surface area contributed by atoms with Crippen LogP contribution in [-0.4, -0.2) is 23.5 Å². The number of allylic oxidation sites excluding steroid dienone is 2. The van der Waals surface area contributed by atoms with Crippen LogP contribution in [0.3, 0.4) is 0 Å². The summed E-state index contributed by atoms with van der Waals surface area (Å²) in [6.07, 6.45) is 12.2. The van der Waals surface area contributed by atoms with E-state index in [0.29, 0.717) is 35.4 Å². The van der Waals surface area contributed by atoms with Crippen molar-refractivity contribution in [2.24, 2.45) is 11.8 Å². The molecule has 4 atom stereocenters. The zero-order chi connectivity index (χ0) is 23.5. The molecule has 0 aliphatic heterocycles. The fraction of sp³-hybridized carbons (Fsp3) is 0.393. The second-order valence-corrected chi connectivity index (χ2v) is 9.69. The van der Waals surface area contributed by atoms with Crippen molar-refractivity contribution in [2.75, 3.05) is 11.9 Å². The number of rotatable bonds is 6. The molecule has 1 aromatic carbocycles. The average molecular weight is 455 g/mol. The van der Waals surface area contributed by atoms with E-state index in [2.05, 4.69) is 34.7 Å². The van der Waals surface area contributed by atoms with Gasteiger partial charge in [-0.2, -0.15) is 5.26 Å². The van der Waals surface area contributed by atoms with E-state index in [9.17, 15) is 10.1 Å². The minimum atomic E-state index is -0.302. The number of nitriles is 1. The number of anilines is 1. The Hall–Kier alpha value is -3.59. The van der Waals surface area contributed by atoms with E-state index >= 15 is 0 Å². The third-order valence-corrected chi connectivity index (χ3v) is 7.22. The van der Waals surface area contributed by atoms with Crippen molar-refractivity contribution in [3.05, 3.63) is 71.6 Å². The molecule has 4 unspecified atom stereocenters. The molecular formula is C28H30N4O2. The molecule has 3 aromatic rings. The normalized spacial score (nSPS) is 22.5. The van der Waals surface area contributed by atoms with Gasteiger partial charge in [-0.25, -0.2) is 4.98 Å². The summed E-state index contributed by atoms with van der Waals surface area (Å²) >= 11 is 0. The van der Waals surface area contributed by atoms with Crippen LogP contribution in [-0.2, 0) is 0 Å². The van der Waals surface area contributed by atoms with E-state index in [0.717, 1.165) is 30.6 Å². The lowest BCUT2D eigenvalue weighted by Gasteiger charge is -2.23. The van der Waals surface area contributed by atoms with E-state index in [4.69, 9.17) is 4.42 Å². The van der Waals surface area contributed by atoms with Gasteiger partial charge in [0.2, 0.25) is 5.76 Å². The zero-order valence-corrected chi connectivity index (χ0v) is 19.5. The first-order chi connectivity index (χ1) is 16.6. The topological polar surface area (TPSA) is 91.0 Å². The van der Waals surface area contributed by atoms with E-state index in [1.807, 2.05) is 42.5 Å². The van der Waals surface area contributed by atoms with Crippen molar-refractivity contribution in [3.8, 4) is 6.07 Å². The van der Waals surface area contributed by atoms with Gasteiger partial charge in [0.15, 0.2) is 5.58 Å². The molecule has 0 radical (unpaired) electrons. The standard InChI is InChI=1S/C28H30N4O2/c1-18(21-8-3-2-4-9-21)16-31-28(33)27-23-14-26(30-17-25(23)34-24(27)15-29)32-22-12-19-6-5-7-20(13-22)11-10-19/h2-6,8-9,14,17-20,22H,7,10-13,16H2,1H3,(H,30,32)(H,31,33). The van der Waals surface area contributed by atoms with E-state index in [-0.39, 0.29) is 23.1 Å². The summed E-state index contributed by atoms with van der Waals surface area (Å²) in [7, 11) is 0. The Kier molecular flexibility index (Phi) is 6.35. The fourth-order valence-electron chi connectivity index (χ4n) is 5.35. The summed E-state index contributed by atoms with van der Waals surface area (Å²) < 4.78 is 5.67. The molecule has 2 bridgehead atoms. The second-order valence-electron chi connectivity index (χ2n) is 9.69. The van der Waals surface area contributed by atoms with Crippen LogP contribution in [0.4, 0.5) is 5.82 Å². The van der Waals surface area contributed by atoms with Crippen LogP contribution in [0, 0.1) is 23.2 Å². The average Bonchev–Trinajstić information content (AvgIpc) is 2.95. The van der Waals surface area contributed by atoms with Gasteiger partial charge >= 0.3 is 0 Å². The van der Waals surface area contributed by atoms with Crippen molar-refractivity contribution < 1.29 is 9.21 Å². The molecule has 0 saturated heterocycles. The van der Waals surface area contributed by atoms with Crippen LogP contribution in [0.5, 0.6) is 0 Å². The third kappa shape index (κ3) is 4.70. The van der Waals surface area contributed by atoms with E-state index in [1.165, 1.54) is 12.8 Å². The first-order valence-electron chi connectivity index (χ1n) is 12.2. The highest BCUT2D eigenvalue weighted by molar-refractivity contribution is 6.08. The number of nitrogens with one attached hydrogen (secondary N) is 2. The Morgan fingerprint density at radius 3 is 2.94 bits per heavy atom. The van der Waals surface area contributed by atoms with Gasteiger partial charge in [-0.3, -0.25) is 4.79 Å². The number of benzene rings is 1. The van der Waals surface area contributed by atoms with Gasteiger partial charge in [0.25, 0.3) is 5.91 Å². The molecule has 2 N–H and O–H groups in total. The molecule has 2 heterocycles. The van der Waals surface area contributed by atoms with Gasteiger partial charge in [-0.15, -0.1) is 0 Å². The second kappa shape index (κ2) is 9.72. The van der Waals surface area contributed by atoms with Crippen molar-refractivity contribution in [1.82, 2.24) is 10.3 Å². The molecule has 0 spiro atoms. The van der Waals surface area contributed by atoms with Gasteiger partial charge in [0.1, 0.15) is 17.5 Å². The summed E-state index contributed by atoms with van der Waals surface area (Å²) in [5.41, 5.74) is 1.88. The van der Waals surface area contributed by atoms with Crippen molar-refractivity contribution >= 4 is 22.7 Å². The van der Waals surface area contributed by atoms with Gasteiger partial charge in [-0.1, -0.05) is 49.4 Å². The number of fused-ring (bicyclic) bond motifs is 4. The molecule has 1 saturated carbocycles. The molecule has 2 aliphatic carbocycles. The first-order valence-corrected chi connectivity index (χ1v) is 12.2. The van der Waals surface area contributed by atoms with Crippen LogP contribution in [0.2, 0.25) is 0 Å². The molecule has 5 rings (SSSR count). The number of pyridine rings is 1. The Bertz CT molecular complexity index is 1240. The van der Waals surface area contributed by atoms with Gasteiger partial charge in [-0.05, 0) is 61.5 Å². The van der Waals surface area contributed by atoms with E-state index in [1.54, 1.807) is 6.20 Å². The first kappa shape index (κ1) is 22.2. The number of hydrogen-bond donors (Lipinski definition) is 2. The fourth-order valence-corrected chi connectivity index (χ4v) is 5.35. The number of hydrogen-bond acceptors (Lipinski definition) is 5. The molecule has 6 heteroatoms. The highest BCUT2D eigenvalue weighted by atomic mass is 16.3. The molecule has 174 valence electrons. The lowest BCUT2D eigenvalue weighted by molar-refractivity contribution is 0.0952. The molecule has 1 amide bonds. The van der Waals surface area contributed by atoms with Crippen molar-refractivity contribution in [2.45, 2.75) is 51.0 Å². The molecule has 6 nitrogen and oxygen atoms in total. The minimum Gasteiger partial charge on any atom is -0.443 e. The summed E-state index contributed by atoms with van der Waals surface area (Å²) in [4.78, 5) is 17.7. The summed E-state index contributed by atoms with van der Waals surface area (Å²) in [5, 5.41) is 16.8. The predicted octanol–water partition coefficient (Wildman–Crippen LogP) is 5.78. The van der Waals surface area contributed by atoms with Crippen LogP contribution in [0.25, 0.3) is 11.0 Å². The van der Waals surface area contributed by atoms with Gasteiger partial charge in [0, 0.05) is 18.0 Å². The van der Waals surface area contributed by atoms with E-state index < -0.39 is 0 Å². The summed E-state index contributed by atoms with van der Waals surface area (Å²) in [6, 6.07) is 14.3. The van der Waals surface area contributed by atoms with Gasteiger partial charge < -0.3 is 15.1 Å². The summed E-state index contributed by atoms with van der Waals surface area (Å²) in [5.74, 6) is 1.91. The predicted molar refractivity (Wildman–Crippen MR) is 133 cm³/mol. The van der Waals surface area contributed by atoms with Crippen LogP contribution in [0.1, 0.15) is 66.6 Å². The maximum atomic E-state index is 13.1. The molecule has 2 aromatic heterocycles. The largest absolute Gasteiger partial charge is 0.443 e. The number of furan rings is 1. The monoisotopic (exact) mass is 454 g/mol. The van der Waals surface area contributed by atoms with Crippen LogP contribution < -0.4 is 10.6 Å². The molecule has 2 aliphatic rings. The lowest BCUT2D eigenvalue weighted by Crippen LogP contribution is -2.28. The third-order valence-electron chi connectivity index (χ3n) is 7.22. The number of carbonyl (C=O) groups is 1. The highest BCUT2D eigenvalue weighted by Gasteiger charge is 2.27. The van der Waals surface area contributed by atoms with Crippen LogP contribution >= 0.6 is 0 Å². The maximum absolute atomic E-state index is 13.1. The van der Waals surface area contributed by atoms with Crippen molar-refractivity contribution in [1.29, 1.82) is 5.26 Å². The zero-order valence-electron chi connectivity index (χ0n) is 19.5. The minimum absolute atomic E-state index is 0.0212. The quantitative estimate of drug-likeness (QED) is 0.461. The number of nitrogens with zero attached hydrogens (tertiary/aromatic N) is 2. The van der Waals surface area contributed by atoms with Crippen molar-refractivity contribution in [3.63, 3.8) is 0 Å². The molecule has 1 fully saturated rings. The van der Waals surface area contributed by atoms with Gasteiger partial charge in [0.05, 0.1) is 6.20 Å². The number of aromatic nitrogens is 1. The summed E-state index contributed by atoms with van der Waals surface area (Å²) in [6.45, 7) is 2.53.